The SMILES string of the molecule is OC1CCC(OCCOC2CC2)CC1.c1ccc(COC2CCC(OCCOC3CC3)CC2)cc1. The molecule has 0 spiro atoms. The minimum absolute atomic E-state index is 0.0856. The van der Waals surface area contributed by atoms with Crippen molar-refractivity contribution >= 4 is 0 Å². The van der Waals surface area contributed by atoms with Crippen LogP contribution >= 0.6 is 0 Å². The summed E-state index contributed by atoms with van der Waals surface area (Å²) in [4.78, 5) is 0. The summed E-state index contributed by atoms with van der Waals surface area (Å²) in [7, 11) is 0. The van der Waals surface area contributed by atoms with Crippen molar-refractivity contribution in [2.45, 2.75) is 120 Å². The highest BCUT2D eigenvalue weighted by molar-refractivity contribution is 5.13. The maximum absolute atomic E-state index is 9.30. The first kappa shape index (κ1) is 27.0. The van der Waals surface area contributed by atoms with Crippen molar-refractivity contribution in [2.75, 3.05) is 26.4 Å². The van der Waals surface area contributed by atoms with Crippen LogP contribution < -0.4 is 0 Å². The Balaban J connectivity index is 0.000000179. The molecular formula is C29H46O6. The molecule has 6 nitrogen and oxygen atoms in total. The fraction of sp³-hybridized carbons (Fsp3) is 0.793. The molecule has 198 valence electrons. The molecule has 0 heterocycles. The van der Waals surface area contributed by atoms with Crippen molar-refractivity contribution in [1.82, 2.24) is 0 Å². The molecule has 0 atom stereocenters. The molecule has 0 amide bonds. The van der Waals surface area contributed by atoms with Crippen LogP contribution in [0.2, 0.25) is 0 Å². The number of rotatable bonds is 13. The second-order valence-electron chi connectivity index (χ2n) is 10.5. The molecule has 0 saturated heterocycles. The van der Waals surface area contributed by atoms with E-state index in [2.05, 4.69) is 24.3 Å². The average molecular weight is 491 g/mol. The lowest BCUT2D eigenvalue weighted by atomic mass is 9.95. The zero-order valence-electron chi connectivity index (χ0n) is 21.4. The zero-order valence-corrected chi connectivity index (χ0v) is 21.4. The summed E-state index contributed by atoms with van der Waals surface area (Å²) in [5.41, 5.74) is 1.26. The number of hydrogen-bond acceptors (Lipinski definition) is 6. The molecule has 0 bridgehead atoms. The molecule has 1 N–H and O–H groups in total. The van der Waals surface area contributed by atoms with E-state index in [0.29, 0.717) is 30.5 Å². The maximum atomic E-state index is 9.30. The molecule has 4 aliphatic rings. The standard InChI is InChI=1S/C18H26O3.C11H20O3/c1-2-4-15(5-3-1)14-21-18-10-8-17(9-11-18)20-13-12-19-16-6-7-16;12-9-1-3-10(4-2-9)13-7-8-14-11-5-6-11/h1-5,16-18H,6-14H2;9-12H,1-8H2. The molecule has 0 aromatic heterocycles. The molecule has 0 unspecified atom stereocenters. The smallest absolute Gasteiger partial charge is 0.0720 e. The van der Waals surface area contributed by atoms with Gasteiger partial charge in [0, 0.05) is 0 Å². The minimum Gasteiger partial charge on any atom is -0.393 e. The lowest BCUT2D eigenvalue weighted by molar-refractivity contribution is -0.0510. The lowest BCUT2D eigenvalue weighted by Gasteiger charge is -2.28. The van der Waals surface area contributed by atoms with Gasteiger partial charge in [0.15, 0.2) is 0 Å². The van der Waals surface area contributed by atoms with Gasteiger partial charge in [-0.05, 0) is 82.6 Å². The predicted molar refractivity (Wildman–Crippen MR) is 135 cm³/mol. The summed E-state index contributed by atoms with van der Waals surface area (Å²) in [6, 6.07) is 10.4. The van der Waals surface area contributed by atoms with Crippen molar-refractivity contribution < 1.29 is 28.8 Å². The van der Waals surface area contributed by atoms with Gasteiger partial charge >= 0.3 is 0 Å². The minimum atomic E-state index is -0.0856. The third-order valence-electron chi connectivity index (χ3n) is 7.22. The summed E-state index contributed by atoms with van der Waals surface area (Å²) >= 11 is 0. The highest BCUT2D eigenvalue weighted by Crippen LogP contribution is 2.26. The monoisotopic (exact) mass is 490 g/mol. The quantitative estimate of drug-likeness (QED) is 0.384. The Labute approximate surface area is 211 Å². The molecular weight excluding hydrogens is 444 g/mol. The number of benzene rings is 1. The first-order chi connectivity index (χ1) is 17.2. The molecule has 5 rings (SSSR count). The molecule has 1 aromatic carbocycles. The summed E-state index contributed by atoms with van der Waals surface area (Å²) in [5, 5.41) is 9.30. The van der Waals surface area contributed by atoms with E-state index in [1.54, 1.807) is 0 Å². The van der Waals surface area contributed by atoms with Gasteiger partial charge < -0.3 is 28.8 Å². The van der Waals surface area contributed by atoms with E-state index in [9.17, 15) is 5.11 Å². The van der Waals surface area contributed by atoms with E-state index in [1.165, 1.54) is 31.2 Å². The van der Waals surface area contributed by atoms with Crippen molar-refractivity contribution in [3.05, 3.63) is 35.9 Å². The predicted octanol–water partition coefficient (Wildman–Crippen LogP) is 5.20. The molecule has 4 fully saturated rings. The highest BCUT2D eigenvalue weighted by atomic mass is 16.5. The van der Waals surface area contributed by atoms with Gasteiger partial charge in [0.05, 0.1) is 69.7 Å². The number of ether oxygens (including phenoxy) is 5. The Morgan fingerprint density at radius 1 is 0.486 bits per heavy atom. The van der Waals surface area contributed by atoms with E-state index in [0.717, 1.165) is 84.4 Å². The maximum Gasteiger partial charge on any atom is 0.0720 e. The topological polar surface area (TPSA) is 66.4 Å². The van der Waals surface area contributed by atoms with Crippen LogP contribution in [0.4, 0.5) is 0 Å². The van der Waals surface area contributed by atoms with Crippen LogP contribution in [-0.4, -0.2) is 68.2 Å². The van der Waals surface area contributed by atoms with Crippen LogP contribution in [0.15, 0.2) is 30.3 Å². The Kier molecular flexibility index (Phi) is 11.8. The number of aliphatic hydroxyl groups excluding tert-OH is 1. The normalized spacial score (nSPS) is 28.8. The Morgan fingerprint density at radius 3 is 1.23 bits per heavy atom. The third-order valence-corrected chi connectivity index (χ3v) is 7.22. The zero-order chi connectivity index (χ0) is 24.1. The van der Waals surface area contributed by atoms with Gasteiger partial charge in [0.25, 0.3) is 0 Å². The van der Waals surface area contributed by atoms with Crippen LogP contribution in [0.25, 0.3) is 0 Å². The number of aliphatic hydroxyl groups is 1. The van der Waals surface area contributed by atoms with E-state index < -0.39 is 0 Å². The summed E-state index contributed by atoms with van der Waals surface area (Å²) in [6.07, 6.45) is 15.3. The first-order valence-corrected chi connectivity index (χ1v) is 14.0. The lowest BCUT2D eigenvalue weighted by Crippen LogP contribution is -2.27. The van der Waals surface area contributed by atoms with Gasteiger partial charge in [-0.2, -0.15) is 0 Å². The summed E-state index contributed by atoms with van der Waals surface area (Å²) in [5.74, 6) is 0. The Bertz CT molecular complexity index is 661. The fourth-order valence-electron chi connectivity index (χ4n) is 4.69. The van der Waals surface area contributed by atoms with Gasteiger partial charge in [-0.15, -0.1) is 0 Å². The van der Waals surface area contributed by atoms with Crippen molar-refractivity contribution in [2.24, 2.45) is 0 Å². The molecule has 4 saturated carbocycles. The van der Waals surface area contributed by atoms with Gasteiger partial charge in [-0.25, -0.2) is 0 Å². The first-order valence-electron chi connectivity index (χ1n) is 14.0. The molecule has 1 aromatic rings. The number of hydrogen-bond donors (Lipinski definition) is 1. The molecule has 0 aliphatic heterocycles. The van der Waals surface area contributed by atoms with Crippen LogP contribution in [-0.2, 0) is 30.3 Å². The van der Waals surface area contributed by atoms with Crippen LogP contribution in [0, 0.1) is 0 Å². The fourth-order valence-corrected chi connectivity index (χ4v) is 4.69. The van der Waals surface area contributed by atoms with E-state index in [-0.39, 0.29) is 6.10 Å². The second-order valence-corrected chi connectivity index (χ2v) is 10.5. The van der Waals surface area contributed by atoms with Crippen molar-refractivity contribution in [3.63, 3.8) is 0 Å². The van der Waals surface area contributed by atoms with E-state index >= 15 is 0 Å². The third kappa shape index (κ3) is 11.7. The molecule has 4 aliphatic carbocycles. The largest absolute Gasteiger partial charge is 0.393 e. The highest BCUT2D eigenvalue weighted by Gasteiger charge is 2.24. The summed E-state index contributed by atoms with van der Waals surface area (Å²) < 4.78 is 28.7. The van der Waals surface area contributed by atoms with Gasteiger partial charge in [-0.3, -0.25) is 0 Å². The van der Waals surface area contributed by atoms with Crippen molar-refractivity contribution in [1.29, 1.82) is 0 Å². The summed E-state index contributed by atoms with van der Waals surface area (Å²) in [6.45, 7) is 3.69. The Hall–Kier alpha value is -1.02. The van der Waals surface area contributed by atoms with Crippen LogP contribution in [0.5, 0.6) is 0 Å². The van der Waals surface area contributed by atoms with Crippen LogP contribution in [0.3, 0.4) is 0 Å². The second kappa shape index (κ2) is 15.3. The van der Waals surface area contributed by atoms with Gasteiger partial charge in [0.1, 0.15) is 0 Å². The van der Waals surface area contributed by atoms with Gasteiger partial charge in [0.2, 0.25) is 0 Å². The van der Waals surface area contributed by atoms with Gasteiger partial charge in [-0.1, -0.05) is 30.3 Å². The molecule has 35 heavy (non-hydrogen) atoms. The molecule has 0 radical (unpaired) electrons. The molecule has 6 heteroatoms. The van der Waals surface area contributed by atoms with Crippen molar-refractivity contribution in [3.8, 4) is 0 Å². The van der Waals surface area contributed by atoms with E-state index in [1.807, 2.05) is 6.07 Å². The Morgan fingerprint density at radius 2 is 0.829 bits per heavy atom. The average Bonchev–Trinajstić information content (AvgIpc) is 3.82. The van der Waals surface area contributed by atoms with Crippen LogP contribution in [0.1, 0.15) is 82.6 Å². The van der Waals surface area contributed by atoms with E-state index in [4.69, 9.17) is 23.7 Å².